The van der Waals surface area contributed by atoms with Crippen molar-refractivity contribution in [1.29, 1.82) is 0 Å². The van der Waals surface area contributed by atoms with Crippen LogP contribution in [0.5, 0.6) is 0 Å². The van der Waals surface area contributed by atoms with Crippen LogP contribution in [0, 0.1) is 6.92 Å². The molecule has 0 aliphatic carbocycles. The zero-order chi connectivity index (χ0) is 14.1. The number of fused-ring (bicyclic) bond motifs is 1. The van der Waals surface area contributed by atoms with Crippen molar-refractivity contribution in [3.05, 3.63) is 51.8 Å². The summed E-state index contributed by atoms with van der Waals surface area (Å²) in [6.07, 6.45) is 3.35. The summed E-state index contributed by atoms with van der Waals surface area (Å²) in [5, 5.41) is 3.97. The molecule has 0 atom stereocenters. The van der Waals surface area contributed by atoms with Gasteiger partial charge in [-0.05, 0) is 46.6 Å². The maximum Gasteiger partial charge on any atom is 0.158 e. The van der Waals surface area contributed by atoms with Crippen molar-refractivity contribution in [2.75, 3.05) is 5.32 Å². The van der Waals surface area contributed by atoms with Crippen LogP contribution in [0.4, 0.5) is 11.5 Å². The first kappa shape index (κ1) is 13.3. The highest BCUT2D eigenvalue weighted by Crippen LogP contribution is 2.27. The van der Waals surface area contributed by atoms with Crippen molar-refractivity contribution in [2.24, 2.45) is 0 Å². The van der Waals surface area contributed by atoms with E-state index in [0.29, 0.717) is 15.4 Å². The normalized spacial score (nSPS) is 10.8. The third-order valence-corrected chi connectivity index (χ3v) is 3.74. The monoisotopic (exact) mass is 348 g/mol. The molecule has 3 rings (SSSR count). The number of nitrogens with zero attached hydrogens (tertiary/aromatic N) is 3. The summed E-state index contributed by atoms with van der Waals surface area (Å²) in [6.45, 7) is 1.96. The minimum atomic E-state index is 0.660. The molecule has 2 heterocycles. The first-order valence-electron chi connectivity index (χ1n) is 5.94. The molecule has 6 heteroatoms. The van der Waals surface area contributed by atoms with Crippen molar-refractivity contribution >= 4 is 50.1 Å². The molecular formula is C14H10BrClN4. The van der Waals surface area contributed by atoms with Crippen molar-refractivity contribution in [3.8, 4) is 0 Å². The number of hydrogen-bond donors (Lipinski definition) is 1. The Balaban J connectivity index is 2.09. The fraction of sp³-hybridized carbons (Fsp3) is 0.0714. The lowest BCUT2D eigenvalue weighted by Crippen LogP contribution is -1.98. The Kier molecular flexibility index (Phi) is 3.54. The number of anilines is 2. The minimum Gasteiger partial charge on any atom is -0.338 e. The number of pyridine rings is 1. The van der Waals surface area contributed by atoms with Gasteiger partial charge in [-0.25, -0.2) is 15.0 Å². The SMILES string of the molecule is Cc1c(Cl)cccc1Nc1nccc2nc(Br)cnc12. The Bertz CT molecular complexity index is 791. The molecule has 0 fully saturated rings. The van der Waals surface area contributed by atoms with Gasteiger partial charge in [-0.3, -0.25) is 0 Å². The van der Waals surface area contributed by atoms with Gasteiger partial charge in [0.2, 0.25) is 0 Å². The molecule has 100 valence electrons. The third-order valence-electron chi connectivity index (χ3n) is 2.95. The molecule has 2 aromatic heterocycles. The highest BCUT2D eigenvalue weighted by molar-refractivity contribution is 9.10. The van der Waals surface area contributed by atoms with Crippen molar-refractivity contribution in [3.63, 3.8) is 0 Å². The molecule has 0 amide bonds. The smallest absolute Gasteiger partial charge is 0.158 e. The molecule has 0 radical (unpaired) electrons. The Morgan fingerprint density at radius 1 is 1.20 bits per heavy atom. The van der Waals surface area contributed by atoms with Crippen LogP contribution in [-0.4, -0.2) is 15.0 Å². The standard InChI is InChI=1S/C14H10BrClN4/c1-8-9(16)3-2-4-10(8)20-14-13-11(5-6-17-14)19-12(15)7-18-13/h2-7H,1H3,(H,17,20). The quantitative estimate of drug-likeness (QED) is 0.740. The van der Waals surface area contributed by atoms with Gasteiger partial charge in [-0.2, -0.15) is 0 Å². The minimum absolute atomic E-state index is 0.660. The van der Waals surface area contributed by atoms with Crippen LogP contribution in [0.25, 0.3) is 11.0 Å². The predicted molar refractivity (Wildman–Crippen MR) is 84.5 cm³/mol. The molecule has 0 aliphatic rings. The number of hydrogen-bond acceptors (Lipinski definition) is 4. The molecule has 4 nitrogen and oxygen atoms in total. The average molecular weight is 350 g/mol. The van der Waals surface area contributed by atoms with Gasteiger partial charge in [0.15, 0.2) is 5.82 Å². The van der Waals surface area contributed by atoms with E-state index in [9.17, 15) is 0 Å². The summed E-state index contributed by atoms with van der Waals surface area (Å²) in [4.78, 5) is 13.1. The lowest BCUT2D eigenvalue weighted by atomic mass is 10.2. The zero-order valence-electron chi connectivity index (χ0n) is 10.6. The summed E-state index contributed by atoms with van der Waals surface area (Å²) in [5.74, 6) is 0.660. The van der Waals surface area contributed by atoms with Gasteiger partial charge in [-0.15, -0.1) is 0 Å². The fourth-order valence-electron chi connectivity index (χ4n) is 1.88. The Hall–Kier alpha value is -1.72. The topological polar surface area (TPSA) is 50.7 Å². The van der Waals surface area contributed by atoms with E-state index in [-0.39, 0.29) is 0 Å². The zero-order valence-corrected chi connectivity index (χ0v) is 12.9. The largest absolute Gasteiger partial charge is 0.338 e. The van der Waals surface area contributed by atoms with E-state index in [1.54, 1.807) is 12.4 Å². The molecule has 3 aromatic rings. The second-order valence-electron chi connectivity index (χ2n) is 4.26. The van der Waals surface area contributed by atoms with E-state index < -0.39 is 0 Å². The lowest BCUT2D eigenvalue weighted by molar-refractivity contribution is 1.21. The molecule has 0 bridgehead atoms. The van der Waals surface area contributed by atoms with Gasteiger partial charge < -0.3 is 5.32 Å². The second-order valence-corrected chi connectivity index (χ2v) is 5.48. The Labute approximate surface area is 129 Å². The lowest BCUT2D eigenvalue weighted by Gasteiger charge is -2.11. The fourth-order valence-corrected chi connectivity index (χ4v) is 2.35. The Morgan fingerprint density at radius 2 is 2.05 bits per heavy atom. The number of benzene rings is 1. The predicted octanol–water partition coefficient (Wildman–Crippen LogP) is 4.49. The highest BCUT2D eigenvalue weighted by Gasteiger charge is 2.08. The van der Waals surface area contributed by atoms with E-state index in [2.05, 4.69) is 36.2 Å². The number of nitrogens with one attached hydrogen (secondary N) is 1. The van der Waals surface area contributed by atoms with Crippen LogP contribution < -0.4 is 5.32 Å². The number of rotatable bonds is 2. The third kappa shape index (κ3) is 2.46. The van der Waals surface area contributed by atoms with E-state index >= 15 is 0 Å². The molecule has 0 aliphatic heterocycles. The van der Waals surface area contributed by atoms with E-state index in [0.717, 1.165) is 22.3 Å². The number of aromatic nitrogens is 3. The van der Waals surface area contributed by atoms with Crippen LogP contribution in [-0.2, 0) is 0 Å². The summed E-state index contributed by atoms with van der Waals surface area (Å²) < 4.78 is 0.695. The maximum atomic E-state index is 6.12. The molecule has 1 N–H and O–H groups in total. The first-order valence-corrected chi connectivity index (χ1v) is 7.11. The Morgan fingerprint density at radius 3 is 2.90 bits per heavy atom. The van der Waals surface area contributed by atoms with Gasteiger partial charge in [0, 0.05) is 16.9 Å². The van der Waals surface area contributed by atoms with Gasteiger partial charge in [0.1, 0.15) is 10.1 Å². The molecule has 20 heavy (non-hydrogen) atoms. The summed E-state index contributed by atoms with van der Waals surface area (Å²) >= 11 is 9.44. The van der Waals surface area contributed by atoms with E-state index in [1.165, 1.54) is 0 Å². The summed E-state index contributed by atoms with van der Waals surface area (Å²) in [6, 6.07) is 7.53. The average Bonchev–Trinajstić information content (AvgIpc) is 2.44. The van der Waals surface area contributed by atoms with Crippen LogP contribution in [0.3, 0.4) is 0 Å². The molecule has 0 unspecified atom stereocenters. The van der Waals surface area contributed by atoms with Crippen LogP contribution in [0.15, 0.2) is 41.3 Å². The van der Waals surface area contributed by atoms with Crippen molar-refractivity contribution < 1.29 is 0 Å². The van der Waals surface area contributed by atoms with E-state index in [4.69, 9.17) is 11.6 Å². The van der Waals surface area contributed by atoms with Crippen LogP contribution in [0.2, 0.25) is 5.02 Å². The van der Waals surface area contributed by atoms with Gasteiger partial charge in [0.25, 0.3) is 0 Å². The van der Waals surface area contributed by atoms with Crippen molar-refractivity contribution in [1.82, 2.24) is 15.0 Å². The molecule has 0 saturated heterocycles. The molecular weight excluding hydrogens is 340 g/mol. The maximum absolute atomic E-state index is 6.12. The highest BCUT2D eigenvalue weighted by atomic mass is 79.9. The molecule has 0 spiro atoms. The van der Waals surface area contributed by atoms with Crippen LogP contribution >= 0.6 is 27.5 Å². The van der Waals surface area contributed by atoms with Gasteiger partial charge in [-0.1, -0.05) is 17.7 Å². The van der Waals surface area contributed by atoms with Gasteiger partial charge in [0.05, 0.1) is 11.7 Å². The summed E-state index contributed by atoms with van der Waals surface area (Å²) in [5.41, 5.74) is 3.37. The molecule has 1 aromatic carbocycles. The van der Waals surface area contributed by atoms with Crippen molar-refractivity contribution in [2.45, 2.75) is 6.92 Å². The number of halogens is 2. The summed E-state index contributed by atoms with van der Waals surface area (Å²) in [7, 11) is 0. The van der Waals surface area contributed by atoms with Gasteiger partial charge >= 0.3 is 0 Å². The first-order chi connectivity index (χ1) is 9.65. The second kappa shape index (κ2) is 5.34. The van der Waals surface area contributed by atoms with Crippen LogP contribution in [0.1, 0.15) is 5.56 Å². The van der Waals surface area contributed by atoms with E-state index in [1.807, 2.05) is 31.2 Å². The molecule has 0 saturated carbocycles.